The van der Waals surface area contributed by atoms with Gasteiger partial charge in [-0.3, -0.25) is 14.0 Å². The molecule has 0 saturated carbocycles. The van der Waals surface area contributed by atoms with Crippen LogP contribution in [0, 0.1) is 19.8 Å². The number of amides is 1. The van der Waals surface area contributed by atoms with E-state index in [2.05, 4.69) is 29.4 Å². The molecule has 1 unspecified atom stereocenters. The molecule has 1 amide bonds. The van der Waals surface area contributed by atoms with Crippen molar-refractivity contribution in [1.29, 1.82) is 0 Å². The molecule has 184 valence electrons. The summed E-state index contributed by atoms with van der Waals surface area (Å²) >= 11 is 1.33. The van der Waals surface area contributed by atoms with E-state index in [1.165, 1.54) is 11.8 Å². The lowest BCUT2D eigenvalue weighted by atomic mass is 10.0. The van der Waals surface area contributed by atoms with Gasteiger partial charge in [0.1, 0.15) is 0 Å². The van der Waals surface area contributed by atoms with Gasteiger partial charge in [-0.15, -0.1) is 10.2 Å². The van der Waals surface area contributed by atoms with E-state index in [9.17, 15) is 9.59 Å². The normalized spacial score (nSPS) is 12.5. The topological polar surface area (TPSA) is 81.3 Å². The number of nitrogens with one attached hydrogen (secondary N) is 1. The van der Waals surface area contributed by atoms with Crippen LogP contribution >= 0.6 is 11.8 Å². The van der Waals surface area contributed by atoms with Crippen molar-refractivity contribution in [2.24, 2.45) is 5.92 Å². The monoisotopic (exact) mass is 491 g/mol. The first-order valence-corrected chi connectivity index (χ1v) is 13.1. The predicted octanol–water partition coefficient (Wildman–Crippen LogP) is 5.07. The van der Waals surface area contributed by atoms with Crippen LogP contribution < -0.4 is 10.9 Å². The van der Waals surface area contributed by atoms with E-state index in [1.54, 1.807) is 4.57 Å². The molecule has 0 radical (unpaired) electrons. The minimum absolute atomic E-state index is 0.0315. The lowest BCUT2D eigenvalue weighted by Gasteiger charge is -2.15. The Bertz CT molecular complexity index is 1420. The molecule has 2 aromatic heterocycles. The Labute approximate surface area is 210 Å². The van der Waals surface area contributed by atoms with Gasteiger partial charge in [-0.1, -0.05) is 62.7 Å². The van der Waals surface area contributed by atoms with E-state index in [0.717, 1.165) is 41.6 Å². The molecule has 0 fully saturated rings. The van der Waals surface area contributed by atoms with Crippen LogP contribution in [0.25, 0.3) is 22.4 Å². The number of hydrogen-bond acceptors (Lipinski definition) is 5. The third kappa shape index (κ3) is 5.27. The molecule has 1 N–H and O–H groups in total. The van der Waals surface area contributed by atoms with Crippen molar-refractivity contribution in [3.63, 3.8) is 0 Å². The van der Waals surface area contributed by atoms with E-state index in [-0.39, 0.29) is 23.3 Å². The molecule has 2 heterocycles. The number of nitrogens with zero attached hydrogens (tertiary/aromatic N) is 4. The Morgan fingerprint density at radius 3 is 2.57 bits per heavy atom. The summed E-state index contributed by atoms with van der Waals surface area (Å²) in [5.41, 5.74) is 3.47. The molecule has 7 nitrogen and oxygen atoms in total. The van der Waals surface area contributed by atoms with Crippen LogP contribution in [0.15, 0.2) is 52.4 Å². The average molecular weight is 492 g/mol. The highest BCUT2D eigenvalue weighted by Crippen LogP contribution is 2.25. The van der Waals surface area contributed by atoms with Crippen molar-refractivity contribution in [3.05, 3.63) is 63.9 Å². The molecule has 4 aromatic rings. The fraction of sp³-hybridized carbons (Fsp3) is 0.407. The molecule has 0 aliphatic heterocycles. The maximum absolute atomic E-state index is 13.5. The highest BCUT2D eigenvalue weighted by atomic mass is 32.2. The average Bonchev–Trinajstić information content (AvgIpc) is 3.24. The molecule has 8 heteroatoms. The molecule has 2 aromatic carbocycles. The third-order valence-electron chi connectivity index (χ3n) is 6.37. The number of aromatic nitrogens is 4. The molecule has 4 rings (SSSR count). The summed E-state index contributed by atoms with van der Waals surface area (Å²) in [7, 11) is 0. The quantitative estimate of drug-likeness (QED) is 0.331. The predicted molar refractivity (Wildman–Crippen MR) is 143 cm³/mol. The van der Waals surface area contributed by atoms with Crippen molar-refractivity contribution in [1.82, 2.24) is 24.5 Å². The van der Waals surface area contributed by atoms with Gasteiger partial charge in [0.25, 0.3) is 5.56 Å². The van der Waals surface area contributed by atoms with Crippen molar-refractivity contribution in [2.45, 2.75) is 65.1 Å². The minimum Gasteiger partial charge on any atom is -0.353 e. The Morgan fingerprint density at radius 2 is 1.80 bits per heavy atom. The summed E-state index contributed by atoms with van der Waals surface area (Å²) in [4.78, 5) is 26.2. The molecule has 1 atom stereocenters. The van der Waals surface area contributed by atoms with Gasteiger partial charge in [-0.2, -0.15) is 0 Å². The van der Waals surface area contributed by atoms with Crippen molar-refractivity contribution in [3.8, 4) is 5.69 Å². The second-order valence-corrected chi connectivity index (χ2v) is 10.5. The zero-order valence-corrected chi connectivity index (χ0v) is 21.9. The largest absolute Gasteiger partial charge is 0.353 e. The van der Waals surface area contributed by atoms with Crippen LogP contribution in [0.5, 0.6) is 0 Å². The highest BCUT2D eigenvalue weighted by Gasteiger charge is 2.20. The summed E-state index contributed by atoms with van der Waals surface area (Å²) in [6.45, 7) is 10.5. The van der Waals surface area contributed by atoms with Gasteiger partial charge >= 0.3 is 0 Å². The van der Waals surface area contributed by atoms with E-state index < -0.39 is 0 Å². The van der Waals surface area contributed by atoms with Crippen LogP contribution in [0.1, 0.15) is 51.2 Å². The zero-order valence-electron chi connectivity index (χ0n) is 21.0. The van der Waals surface area contributed by atoms with E-state index in [4.69, 9.17) is 0 Å². The van der Waals surface area contributed by atoms with E-state index in [1.807, 2.05) is 67.6 Å². The molecule has 0 aliphatic carbocycles. The number of fused-ring (bicyclic) bond motifs is 3. The van der Waals surface area contributed by atoms with Crippen LogP contribution in [-0.2, 0) is 4.79 Å². The fourth-order valence-corrected chi connectivity index (χ4v) is 5.07. The van der Waals surface area contributed by atoms with Crippen LogP contribution in [0.2, 0.25) is 0 Å². The van der Waals surface area contributed by atoms with Gasteiger partial charge in [-0.05, 0) is 62.4 Å². The number of carbonyl (C=O) groups excluding carboxylic acids is 1. The van der Waals surface area contributed by atoms with Gasteiger partial charge in [0.15, 0.2) is 5.16 Å². The summed E-state index contributed by atoms with van der Waals surface area (Å²) in [5, 5.41) is 13.0. The van der Waals surface area contributed by atoms with E-state index >= 15 is 0 Å². The summed E-state index contributed by atoms with van der Waals surface area (Å²) in [6, 6.07) is 13.5. The van der Waals surface area contributed by atoms with Gasteiger partial charge in [0.2, 0.25) is 11.7 Å². The fourth-order valence-electron chi connectivity index (χ4n) is 4.32. The van der Waals surface area contributed by atoms with Crippen molar-refractivity contribution in [2.75, 3.05) is 5.75 Å². The smallest absolute Gasteiger partial charge is 0.267 e. The third-order valence-corrected chi connectivity index (χ3v) is 7.30. The maximum atomic E-state index is 13.5. The first kappa shape index (κ1) is 25.0. The lowest BCUT2D eigenvalue weighted by molar-refractivity contribution is -0.119. The van der Waals surface area contributed by atoms with Crippen LogP contribution in [-0.4, -0.2) is 36.9 Å². The molecule has 0 bridgehead atoms. The van der Waals surface area contributed by atoms with Gasteiger partial charge in [0.05, 0.1) is 22.3 Å². The second kappa shape index (κ2) is 10.6. The van der Waals surface area contributed by atoms with Gasteiger partial charge in [-0.25, -0.2) is 4.57 Å². The Morgan fingerprint density at radius 1 is 1.03 bits per heavy atom. The first-order chi connectivity index (χ1) is 16.8. The lowest BCUT2D eigenvalue weighted by Crippen LogP contribution is -2.33. The minimum atomic E-state index is -0.140. The maximum Gasteiger partial charge on any atom is 0.267 e. The summed E-state index contributed by atoms with van der Waals surface area (Å²) < 4.78 is 3.50. The number of rotatable bonds is 9. The molecular weight excluding hydrogens is 458 g/mol. The highest BCUT2D eigenvalue weighted by molar-refractivity contribution is 7.99. The van der Waals surface area contributed by atoms with Crippen molar-refractivity contribution < 1.29 is 4.79 Å². The molecule has 0 saturated heterocycles. The molecule has 35 heavy (non-hydrogen) atoms. The van der Waals surface area contributed by atoms with Crippen LogP contribution in [0.4, 0.5) is 0 Å². The second-order valence-electron chi connectivity index (χ2n) is 9.58. The molecular formula is C27H33N5O2S. The Balaban J connectivity index is 1.66. The number of thioether (sulfide) groups is 1. The van der Waals surface area contributed by atoms with Crippen LogP contribution in [0.3, 0.4) is 0 Å². The molecule has 0 spiro atoms. The van der Waals surface area contributed by atoms with Crippen molar-refractivity contribution >= 4 is 34.3 Å². The number of benzene rings is 2. The summed E-state index contributed by atoms with van der Waals surface area (Å²) in [5.74, 6) is 1.31. The Hall–Kier alpha value is -3.13. The summed E-state index contributed by atoms with van der Waals surface area (Å²) in [6.07, 6.45) is 3.23. The number of para-hydroxylation sites is 1. The zero-order chi connectivity index (χ0) is 25.1. The molecule has 0 aliphatic rings. The number of hydrogen-bond donors (Lipinski definition) is 1. The number of aryl methyl sites for hydroxylation is 1. The Kier molecular flexibility index (Phi) is 7.60. The number of carbonyl (C=O) groups is 1. The van der Waals surface area contributed by atoms with E-state index in [0.29, 0.717) is 22.2 Å². The van der Waals surface area contributed by atoms with Gasteiger partial charge < -0.3 is 5.32 Å². The first-order valence-electron chi connectivity index (χ1n) is 12.2. The SMILES string of the molecule is Cc1cccc(-n2c(=O)c3ccccc3n3c(SCC(=O)NC(C)CCCC(C)C)nnc23)c1C. The standard InChI is InChI=1S/C27H33N5O2S/c1-17(2)10-8-12-19(4)28-24(33)16-35-27-30-29-26-31(22-15-9-11-18(3)20(22)5)25(34)21-13-6-7-14-23(21)32(26)27/h6-7,9,11,13-15,17,19H,8,10,12,16H2,1-5H3,(H,28,33). The van der Waals surface area contributed by atoms with Gasteiger partial charge in [0, 0.05) is 6.04 Å².